The van der Waals surface area contributed by atoms with Crippen LogP contribution in [-0.4, -0.2) is 124 Å². The quantitative estimate of drug-likeness (QED) is 0.0179. The van der Waals surface area contributed by atoms with Gasteiger partial charge >= 0.3 is 0 Å². The third kappa shape index (κ3) is 20.7. The Morgan fingerprint density at radius 2 is 1.08 bits per heavy atom. The monoisotopic (exact) mass is 985 g/mol. The van der Waals surface area contributed by atoms with Crippen LogP contribution in [0.4, 0.5) is 0 Å². The van der Waals surface area contributed by atoms with Gasteiger partial charge in [-0.05, 0) is 61.1 Å². The normalized spacial score (nSPS) is 13.2. The summed E-state index contributed by atoms with van der Waals surface area (Å²) in [5, 5.41) is 33.8. The van der Waals surface area contributed by atoms with Gasteiger partial charge in [-0.2, -0.15) is 0 Å². The molecule has 0 saturated carbocycles. The maximum Gasteiger partial charge on any atom is 0.300 e. The van der Waals surface area contributed by atoms with Crippen LogP contribution in [0.15, 0.2) is 90.1 Å². The lowest BCUT2D eigenvalue weighted by Crippen LogP contribution is -2.60. The maximum absolute atomic E-state index is 14.5. The molecule has 0 radical (unpaired) electrons. The van der Waals surface area contributed by atoms with Gasteiger partial charge in [0.2, 0.25) is 47.3 Å². The SMILES string of the molecule is CC(=O)O.C[C@@H](N)C(=O)N[C@@H](CCC(N)=O)C(=O)N[C@@H](Cc1ccc(O)cc1)C(=O)N[C@@H](Cc1ccccc1)C(=O)N[C@@H](CCCN=C(N)N)C(=O)N[C@@H](Cc1c[nH]c2ccccc12)C(=O)NCC(N)=O. The smallest absolute Gasteiger partial charge is 0.300 e. The van der Waals surface area contributed by atoms with Crippen molar-refractivity contribution in [2.75, 3.05) is 13.1 Å². The summed E-state index contributed by atoms with van der Waals surface area (Å²) >= 11 is 0. The molecule has 382 valence electrons. The summed E-state index contributed by atoms with van der Waals surface area (Å²) in [7, 11) is 0. The molecule has 4 aromatic rings. The fourth-order valence-corrected chi connectivity index (χ4v) is 6.88. The molecule has 0 bridgehead atoms. The lowest BCUT2D eigenvalue weighted by molar-refractivity contribution is -0.135. The molecule has 0 aliphatic rings. The van der Waals surface area contributed by atoms with Gasteiger partial charge in [-0.25, -0.2) is 0 Å². The van der Waals surface area contributed by atoms with E-state index in [1.54, 1.807) is 36.5 Å². The molecule has 0 fully saturated rings. The van der Waals surface area contributed by atoms with E-state index in [0.717, 1.165) is 17.8 Å². The van der Waals surface area contributed by atoms with E-state index in [4.69, 9.17) is 38.6 Å². The maximum atomic E-state index is 14.5. The standard InChI is InChI=1S/C45H59N13O9.C2H4O2/c1-25(46)39(62)54-33(17-18-37(47)60)42(65)56-35(21-27-13-15-29(59)16-14-27)44(67)57-34(20-26-8-3-2-4-9-26)43(66)55-32(12-7-19-51-45(49)50)41(64)58-36(40(63)53-24-38(48)61)22-28-23-52-31-11-6-5-10-30(28)31;1-2(3)4/h2-6,8-11,13-16,23,25,32-36,52,59H,7,12,17-22,24,46H2,1H3,(H2,47,60)(H2,48,61)(H,53,63)(H,54,62)(H,55,66)(H,56,65)(H,57,67)(H,58,64)(H4,49,50,51);1H3,(H,3,4)/t25-,32+,33+,34+,35+,36+;/m1./s1. The molecule has 24 nitrogen and oxygen atoms in total. The molecule has 19 N–H and O–H groups in total. The number of aromatic nitrogens is 1. The Bertz CT molecular complexity index is 2490. The molecule has 8 amide bonds. The number of aliphatic imine (C=N–C) groups is 1. The molecule has 1 aromatic heterocycles. The van der Waals surface area contributed by atoms with E-state index in [9.17, 15) is 43.5 Å². The van der Waals surface area contributed by atoms with Crippen LogP contribution in [0.3, 0.4) is 0 Å². The number of nitrogens with zero attached hydrogens (tertiary/aromatic N) is 1. The molecule has 6 atom stereocenters. The minimum Gasteiger partial charge on any atom is -0.508 e. The topological polar surface area (TPSA) is 425 Å². The fraction of sp³-hybridized carbons (Fsp3) is 0.362. The molecular weight excluding hydrogens is 923 g/mol. The first-order valence-corrected chi connectivity index (χ1v) is 22.4. The third-order valence-electron chi connectivity index (χ3n) is 10.4. The van der Waals surface area contributed by atoms with Crippen molar-refractivity contribution in [3.8, 4) is 5.75 Å². The number of carbonyl (C=O) groups excluding carboxylic acids is 8. The number of guanidine groups is 1. The number of phenols is 1. The molecule has 0 unspecified atom stereocenters. The van der Waals surface area contributed by atoms with Crippen molar-refractivity contribution in [3.05, 3.63) is 102 Å². The first-order valence-electron chi connectivity index (χ1n) is 22.4. The Morgan fingerprint density at radius 3 is 1.62 bits per heavy atom. The highest BCUT2D eigenvalue weighted by Crippen LogP contribution is 2.20. The third-order valence-corrected chi connectivity index (χ3v) is 10.4. The molecular formula is C47H63N13O11. The molecule has 4 rings (SSSR count). The van der Waals surface area contributed by atoms with Crippen molar-refractivity contribution in [2.45, 2.75) is 95.0 Å². The summed E-state index contributed by atoms with van der Waals surface area (Å²) in [5.41, 5.74) is 29.9. The summed E-state index contributed by atoms with van der Waals surface area (Å²) < 4.78 is 0. The van der Waals surface area contributed by atoms with E-state index in [1.807, 2.05) is 24.3 Å². The molecule has 1 heterocycles. The second-order valence-electron chi connectivity index (χ2n) is 16.4. The van der Waals surface area contributed by atoms with Crippen LogP contribution in [-0.2, 0) is 62.4 Å². The van der Waals surface area contributed by atoms with Gasteiger partial charge in [0.05, 0.1) is 12.6 Å². The number of fused-ring (bicyclic) bond motifs is 1. The highest BCUT2D eigenvalue weighted by molar-refractivity contribution is 5.97. The number of H-pyrrole nitrogens is 1. The number of carboxylic acid groups (broad SMARTS) is 1. The average molecular weight is 986 g/mol. The van der Waals surface area contributed by atoms with E-state index >= 15 is 0 Å². The second kappa shape index (κ2) is 28.7. The van der Waals surface area contributed by atoms with Gasteiger partial charge in [0.25, 0.3) is 5.97 Å². The number of amides is 8. The predicted molar refractivity (Wildman–Crippen MR) is 261 cm³/mol. The zero-order valence-corrected chi connectivity index (χ0v) is 39.3. The number of aliphatic carboxylic acids is 1. The molecule has 24 heteroatoms. The number of carboxylic acids is 1. The summed E-state index contributed by atoms with van der Waals surface area (Å²) in [4.78, 5) is 123. The fourth-order valence-electron chi connectivity index (χ4n) is 6.88. The number of aromatic amines is 1. The van der Waals surface area contributed by atoms with Crippen LogP contribution in [0.2, 0.25) is 0 Å². The van der Waals surface area contributed by atoms with E-state index in [-0.39, 0.29) is 63.2 Å². The van der Waals surface area contributed by atoms with Crippen molar-refractivity contribution in [1.82, 2.24) is 36.9 Å². The van der Waals surface area contributed by atoms with E-state index < -0.39 is 96.0 Å². The number of aromatic hydroxyl groups is 1. The minimum absolute atomic E-state index is 0.0336. The van der Waals surface area contributed by atoms with Crippen molar-refractivity contribution >= 4 is 70.1 Å². The van der Waals surface area contributed by atoms with Crippen LogP contribution < -0.4 is 60.6 Å². The van der Waals surface area contributed by atoms with Gasteiger partial charge in [-0.15, -0.1) is 0 Å². The van der Waals surface area contributed by atoms with Gasteiger partial charge in [-0.1, -0.05) is 60.7 Å². The predicted octanol–water partition coefficient (Wildman–Crippen LogP) is -2.32. The number of phenolic OH excluding ortho intramolecular Hbond substituents is 1. The van der Waals surface area contributed by atoms with Gasteiger partial charge in [0.15, 0.2) is 5.96 Å². The van der Waals surface area contributed by atoms with E-state index in [0.29, 0.717) is 16.7 Å². The highest BCUT2D eigenvalue weighted by atomic mass is 16.4. The summed E-state index contributed by atoms with van der Waals surface area (Å²) in [6.07, 6.45) is 0.965. The van der Waals surface area contributed by atoms with E-state index in [1.165, 1.54) is 31.2 Å². The molecule has 0 saturated heterocycles. The van der Waals surface area contributed by atoms with Crippen molar-refractivity contribution in [2.24, 2.45) is 33.7 Å². The zero-order chi connectivity index (χ0) is 52.6. The average Bonchev–Trinajstić information content (AvgIpc) is 3.72. The van der Waals surface area contributed by atoms with Crippen LogP contribution in [0.5, 0.6) is 5.75 Å². The number of para-hydroxylation sites is 1. The zero-order valence-electron chi connectivity index (χ0n) is 39.3. The van der Waals surface area contributed by atoms with Gasteiger partial charge in [-0.3, -0.25) is 48.1 Å². The van der Waals surface area contributed by atoms with Crippen LogP contribution in [0.25, 0.3) is 10.9 Å². The Kier molecular flexibility index (Phi) is 23.0. The largest absolute Gasteiger partial charge is 0.508 e. The van der Waals surface area contributed by atoms with Crippen molar-refractivity contribution in [3.63, 3.8) is 0 Å². The van der Waals surface area contributed by atoms with Crippen LogP contribution in [0.1, 0.15) is 56.2 Å². The highest BCUT2D eigenvalue weighted by Gasteiger charge is 2.33. The summed E-state index contributed by atoms with van der Waals surface area (Å²) in [5.74, 6) is -7.46. The Hall–Kier alpha value is -8.54. The summed E-state index contributed by atoms with van der Waals surface area (Å²) in [6, 6.07) is 13.9. The molecule has 0 aliphatic heterocycles. The van der Waals surface area contributed by atoms with Crippen molar-refractivity contribution < 1.29 is 53.4 Å². The summed E-state index contributed by atoms with van der Waals surface area (Å²) in [6.45, 7) is 2.03. The molecule has 71 heavy (non-hydrogen) atoms. The molecule has 0 spiro atoms. The van der Waals surface area contributed by atoms with Crippen LogP contribution >= 0.6 is 0 Å². The van der Waals surface area contributed by atoms with Crippen molar-refractivity contribution in [1.29, 1.82) is 0 Å². The lowest BCUT2D eigenvalue weighted by Gasteiger charge is -2.27. The number of hydrogen-bond acceptors (Lipinski definition) is 12. The Balaban J connectivity index is 0.00000320. The minimum atomic E-state index is -1.42. The number of rotatable bonds is 26. The molecule has 3 aromatic carbocycles. The molecule has 0 aliphatic carbocycles. The Labute approximate surface area is 408 Å². The number of primary amides is 2. The van der Waals surface area contributed by atoms with Gasteiger partial charge in [0, 0.05) is 56.3 Å². The first-order chi connectivity index (χ1) is 33.6. The van der Waals surface area contributed by atoms with Crippen LogP contribution in [0, 0.1) is 0 Å². The number of nitrogens with one attached hydrogen (secondary N) is 7. The lowest BCUT2D eigenvalue weighted by atomic mass is 10.0. The van der Waals surface area contributed by atoms with Gasteiger partial charge < -0.3 is 75.8 Å². The number of benzene rings is 3. The second-order valence-corrected chi connectivity index (χ2v) is 16.4. The number of nitrogens with two attached hydrogens (primary N) is 5. The van der Waals surface area contributed by atoms with Gasteiger partial charge in [0.1, 0.15) is 36.0 Å². The first kappa shape index (κ1) is 56.8. The Morgan fingerprint density at radius 1 is 0.606 bits per heavy atom. The number of hydrogen-bond donors (Lipinski definition) is 14. The number of carbonyl (C=O) groups is 9. The van der Waals surface area contributed by atoms with E-state index in [2.05, 4.69) is 41.9 Å².